The number of anilines is 2. The fourth-order valence-electron chi connectivity index (χ4n) is 1.52. The Balaban J connectivity index is 1.90. The standard InChI is InChI=1S/C14H17ClN2OS/c1-2-3-8-18-13-6-4-11(5-7-13)16-14-17-12(9-15)10-19-14/h4-7,10H,2-3,8-9H2,1H3,(H,16,17). The molecule has 2 aromatic rings. The fourth-order valence-corrected chi connectivity index (χ4v) is 2.48. The van der Waals surface area contributed by atoms with Gasteiger partial charge in [-0.1, -0.05) is 13.3 Å². The Bertz CT molecular complexity index is 498. The highest BCUT2D eigenvalue weighted by molar-refractivity contribution is 7.13. The zero-order chi connectivity index (χ0) is 13.5. The quantitative estimate of drug-likeness (QED) is 0.588. The number of halogens is 1. The van der Waals surface area contributed by atoms with Gasteiger partial charge in [-0.25, -0.2) is 4.98 Å². The Morgan fingerprint density at radius 3 is 2.74 bits per heavy atom. The second kappa shape index (κ2) is 7.36. The van der Waals surface area contributed by atoms with Crippen molar-refractivity contribution >= 4 is 33.8 Å². The lowest BCUT2D eigenvalue weighted by Crippen LogP contribution is -1.96. The zero-order valence-corrected chi connectivity index (χ0v) is 12.4. The van der Waals surface area contributed by atoms with Crippen molar-refractivity contribution in [3.05, 3.63) is 35.3 Å². The van der Waals surface area contributed by atoms with E-state index >= 15 is 0 Å². The first-order valence-corrected chi connectivity index (χ1v) is 7.73. The summed E-state index contributed by atoms with van der Waals surface area (Å²) in [5.74, 6) is 1.35. The van der Waals surface area contributed by atoms with Gasteiger partial charge in [0.1, 0.15) is 5.75 Å². The van der Waals surface area contributed by atoms with E-state index in [1.807, 2.05) is 29.6 Å². The molecule has 1 heterocycles. The molecule has 0 aliphatic carbocycles. The van der Waals surface area contributed by atoms with Crippen LogP contribution in [-0.2, 0) is 5.88 Å². The number of nitrogens with one attached hydrogen (secondary N) is 1. The lowest BCUT2D eigenvalue weighted by molar-refractivity contribution is 0.309. The Hall–Kier alpha value is -1.26. The molecule has 0 bridgehead atoms. The van der Waals surface area contributed by atoms with Crippen LogP contribution in [0.4, 0.5) is 10.8 Å². The van der Waals surface area contributed by atoms with Gasteiger partial charge in [0.2, 0.25) is 0 Å². The van der Waals surface area contributed by atoms with Gasteiger partial charge >= 0.3 is 0 Å². The summed E-state index contributed by atoms with van der Waals surface area (Å²) in [6.45, 7) is 2.92. The molecule has 0 saturated heterocycles. The fraction of sp³-hybridized carbons (Fsp3) is 0.357. The van der Waals surface area contributed by atoms with Crippen LogP contribution in [0.3, 0.4) is 0 Å². The van der Waals surface area contributed by atoms with Crippen LogP contribution in [0.5, 0.6) is 5.75 Å². The summed E-state index contributed by atoms with van der Waals surface area (Å²) in [6.07, 6.45) is 2.23. The first kappa shape index (κ1) is 14.2. The van der Waals surface area contributed by atoms with Crippen LogP contribution in [0, 0.1) is 0 Å². The number of nitrogens with zero attached hydrogens (tertiary/aromatic N) is 1. The Kier molecular flexibility index (Phi) is 5.48. The van der Waals surface area contributed by atoms with Crippen molar-refractivity contribution < 1.29 is 4.74 Å². The van der Waals surface area contributed by atoms with Crippen molar-refractivity contribution in [1.29, 1.82) is 0 Å². The van der Waals surface area contributed by atoms with Gasteiger partial charge in [-0.05, 0) is 30.7 Å². The second-order valence-corrected chi connectivity index (χ2v) is 5.25. The lowest BCUT2D eigenvalue weighted by atomic mass is 10.3. The molecule has 0 radical (unpaired) electrons. The van der Waals surface area contributed by atoms with Crippen LogP contribution in [0.1, 0.15) is 25.5 Å². The summed E-state index contributed by atoms with van der Waals surface area (Å²) in [4.78, 5) is 4.35. The van der Waals surface area contributed by atoms with Crippen molar-refractivity contribution in [1.82, 2.24) is 4.98 Å². The second-order valence-electron chi connectivity index (χ2n) is 4.13. The normalized spacial score (nSPS) is 10.4. The van der Waals surface area contributed by atoms with Crippen molar-refractivity contribution in [3.8, 4) is 5.75 Å². The molecule has 0 amide bonds. The van der Waals surface area contributed by atoms with Crippen LogP contribution < -0.4 is 10.1 Å². The minimum Gasteiger partial charge on any atom is -0.494 e. The Morgan fingerprint density at radius 2 is 2.11 bits per heavy atom. The lowest BCUT2D eigenvalue weighted by Gasteiger charge is -2.07. The molecule has 0 atom stereocenters. The van der Waals surface area contributed by atoms with Crippen molar-refractivity contribution in [3.63, 3.8) is 0 Å². The maximum atomic E-state index is 5.72. The molecular weight excluding hydrogens is 280 g/mol. The number of benzene rings is 1. The summed E-state index contributed by atoms with van der Waals surface area (Å²) in [7, 11) is 0. The van der Waals surface area contributed by atoms with Crippen LogP contribution in [-0.4, -0.2) is 11.6 Å². The molecule has 1 aromatic carbocycles. The third-order valence-electron chi connectivity index (χ3n) is 2.56. The third-order valence-corrected chi connectivity index (χ3v) is 3.64. The van der Waals surface area contributed by atoms with E-state index in [4.69, 9.17) is 16.3 Å². The minimum atomic E-state index is 0.447. The van der Waals surface area contributed by atoms with Gasteiger partial charge in [0, 0.05) is 11.1 Å². The van der Waals surface area contributed by atoms with E-state index in [2.05, 4.69) is 17.2 Å². The molecule has 5 heteroatoms. The summed E-state index contributed by atoms with van der Waals surface area (Å²) in [5, 5.41) is 6.06. The van der Waals surface area contributed by atoms with Crippen LogP contribution in [0.25, 0.3) is 0 Å². The van der Waals surface area contributed by atoms with E-state index in [1.165, 1.54) is 0 Å². The largest absolute Gasteiger partial charge is 0.494 e. The van der Waals surface area contributed by atoms with E-state index in [0.29, 0.717) is 5.88 Å². The summed E-state index contributed by atoms with van der Waals surface area (Å²) >= 11 is 7.28. The minimum absolute atomic E-state index is 0.447. The van der Waals surface area contributed by atoms with Gasteiger partial charge in [0.25, 0.3) is 0 Å². The van der Waals surface area contributed by atoms with Gasteiger partial charge in [-0.2, -0.15) is 0 Å². The average molecular weight is 297 g/mol. The molecule has 1 N–H and O–H groups in total. The number of ether oxygens (including phenoxy) is 1. The summed E-state index contributed by atoms with van der Waals surface area (Å²) in [5.41, 5.74) is 1.90. The predicted molar refractivity (Wildman–Crippen MR) is 81.8 cm³/mol. The molecule has 0 saturated carbocycles. The number of hydrogen-bond acceptors (Lipinski definition) is 4. The number of rotatable bonds is 7. The van der Waals surface area contributed by atoms with Crippen molar-refractivity contribution in [2.75, 3.05) is 11.9 Å². The molecule has 19 heavy (non-hydrogen) atoms. The van der Waals surface area contributed by atoms with Crippen LogP contribution in [0.15, 0.2) is 29.6 Å². The Labute approximate surface area is 122 Å². The highest BCUT2D eigenvalue weighted by Crippen LogP contribution is 2.23. The van der Waals surface area contributed by atoms with Gasteiger partial charge in [0.15, 0.2) is 5.13 Å². The van der Waals surface area contributed by atoms with E-state index < -0.39 is 0 Å². The molecule has 3 nitrogen and oxygen atoms in total. The predicted octanol–water partition coefficient (Wildman–Crippen LogP) is 4.80. The highest BCUT2D eigenvalue weighted by Gasteiger charge is 2.01. The maximum absolute atomic E-state index is 5.72. The molecular formula is C14H17ClN2OS. The van der Waals surface area contributed by atoms with Crippen molar-refractivity contribution in [2.45, 2.75) is 25.6 Å². The molecule has 0 aliphatic rings. The van der Waals surface area contributed by atoms with Gasteiger partial charge < -0.3 is 10.1 Å². The molecule has 1 aromatic heterocycles. The number of aromatic nitrogens is 1. The molecule has 0 fully saturated rings. The SMILES string of the molecule is CCCCOc1ccc(Nc2nc(CCl)cs2)cc1. The first-order valence-electron chi connectivity index (χ1n) is 6.32. The monoisotopic (exact) mass is 296 g/mol. The Morgan fingerprint density at radius 1 is 1.32 bits per heavy atom. The first-order chi connectivity index (χ1) is 9.31. The van der Waals surface area contributed by atoms with E-state index in [-0.39, 0.29) is 0 Å². The van der Waals surface area contributed by atoms with Gasteiger partial charge in [-0.15, -0.1) is 22.9 Å². The highest BCUT2D eigenvalue weighted by atomic mass is 35.5. The van der Waals surface area contributed by atoms with Crippen LogP contribution >= 0.6 is 22.9 Å². The molecule has 0 spiro atoms. The third kappa shape index (κ3) is 4.40. The number of thiazole rings is 1. The number of hydrogen-bond donors (Lipinski definition) is 1. The molecule has 102 valence electrons. The van der Waals surface area contributed by atoms with Gasteiger partial charge in [0.05, 0.1) is 18.2 Å². The molecule has 0 unspecified atom stereocenters. The topological polar surface area (TPSA) is 34.1 Å². The van der Waals surface area contributed by atoms with Gasteiger partial charge in [-0.3, -0.25) is 0 Å². The van der Waals surface area contributed by atoms with E-state index in [0.717, 1.165) is 41.7 Å². The van der Waals surface area contributed by atoms with E-state index in [1.54, 1.807) is 11.3 Å². The molecule has 2 rings (SSSR count). The zero-order valence-electron chi connectivity index (χ0n) is 10.9. The molecule has 0 aliphatic heterocycles. The number of alkyl halides is 1. The summed E-state index contributed by atoms with van der Waals surface area (Å²) < 4.78 is 5.61. The maximum Gasteiger partial charge on any atom is 0.187 e. The average Bonchev–Trinajstić information content (AvgIpc) is 2.89. The summed E-state index contributed by atoms with van der Waals surface area (Å²) in [6, 6.07) is 7.91. The van der Waals surface area contributed by atoms with Crippen molar-refractivity contribution in [2.24, 2.45) is 0 Å². The van der Waals surface area contributed by atoms with E-state index in [9.17, 15) is 0 Å². The smallest absolute Gasteiger partial charge is 0.187 e. The van der Waals surface area contributed by atoms with Crippen LogP contribution in [0.2, 0.25) is 0 Å². The number of unbranched alkanes of at least 4 members (excludes halogenated alkanes) is 1.